The molecule has 0 aliphatic heterocycles. The predicted molar refractivity (Wildman–Crippen MR) is 146 cm³/mol. The number of carbonyl (C=O) groups excluding carboxylic acids is 1. The lowest BCUT2D eigenvalue weighted by molar-refractivity contribution is 0.102. The summed E-state index contributed by atoms with van der Waals surface area (Å²) < 4.78 is 5.32. The Balaban J connectivity index is 1.58. The molecule has 0 atom stereocenters. The molecule has 0 unspecified atom stereocenters. The van der Waals surface area contributed by atoms with Gasteiger partial charge in [-0.2, -0.15) is 0 Å². The average Bonchev–Trinajstić information content (AvgIpc) is 2.93. The van der Waals surface area contributed by atoms with Gasteiger partial charge in [0.05, 0.1) is 18.4 Å². The van der Waals surface area contributed by atoms with Crippen molar-refractivity contribution in [1.82, 2.24) is 0 Å². The van der Waals surface area contributed by atoms with E-state index in [1.54, 1.807) is 42.5 Å². The number of azo groups is 1. The van der Waals surface area contributed by atoms with Crippen LogP contribution >= 0.6 is 0 Å². The number of rotatable bonds is 6. The topological polar surface area (TPSA) is 104 Å². The van der Waals surface area contributed by atoms with E-state index < -0.39 is 5.91 Å². The molecule has 1 amide bonds. The minimum absolute atomic E-state index is 0.00501. The van der Waals surface area contributed by atoms with Gasteiger partial charge in [0.2, 0.25) is 0 Å². The van der Waals surface area contributed by atoms with Gasteiger partial charge in [0.1, 0.15) is 17.1 Å². The molecule has 7 heteroatoms. The highest BCUT2D eigenvalue weighted by Crippen LogP contribution is 2.42. The van der Waals surface area contributed by atoms with E-state index in [4.69, 9.17) is 4.74 Å². The Morgan fingerprint density at radius 2 is 1.59 bits per heavy atom. The fourth-order valence-corrected chi connectivity index (χ4v) is 4.42. The minimum atomic E-state index is -0.523. The van der Waals surface area contributed by atoms with Crippen LogP contribution in [-0.2, 0) is 6.42 Å². The van der Waals surface area contributed by atoms with Crippen LogP contribution in [0.4, 0.5) is 17.1 Å². The standard InChI is InChI=1S/C30H25N3O4/c1-3-18-10-8-12-22-20(18)15-16-25(28(22)34)32-33-27-21-11-5-4-9-19(21)17-23(29(27)35)30(36)31-24-13-6-7-14-26(24)37-2/h4-17,34-35H,3H2,1-2H3,(H,31,36). The summed E-state index contributed by atoms with van der Waals surface area (Å²) in [7, 11) is 1.52. The van der Waals surface area contributed by atoms with Gasteiger partial charge >= 0.3 is 0 Å². The van der Waals surface area contributed by atoms with Gasteiger partial charge < -0.3 is 20.3 Å². The molecule has 0 aromatic heterocycles. The average molecular weight is 492 g/mol. The molecule has 5 aromatic rings. The molecule has 0 bridgehead atoms. The number of ether oxygens (including phenoxy) is 1. The Morgan fingerprint density at radius 3 is 2.41 bits per heavy atom. The van der Waals surface area contributed by atoms with Gasteiger partial charge in [0.15, 0.2) is 11.5 Å². The van der Waals surface area contributed by atoms with Gasteiger partial charge in [-0.15, -0.1) is 10.2 Å². The third-order valence-corrected chi connectivity index (χ3v) is 6.34. The molecule has 7 nitrogen and oxygen atoms in total. The van der Waals surface area contributed by atoms with Gasteiger partial charge in [-0.05, 0) is 47.0 Å². The van der Waals surface area contributed by atoms with Crippen molar-refractivity contribution in [3.05, 3.63) is 96.1 Å². The zero-order valence-electron chi connectivity index (χ0n) is 20.4. The van der Waals surface area contributed by atoms with Crippen molar-refractivity contribution in [3.8, 4) is 17.2 Å². The van der Waals surface area contributed by atoms with Crippen LogP contribution in [0.1, 0.15) is 22.8 Å². The van der Waals surface area contributed by atoms with Crippen molar-refractivity contribution < 1.29 is 19.7 Å². The van der Waals surface area contributed by atoms with Crippen LogP contribution in [0.3, 0.4) is 0 Å². The summed E-state index contributed by atoms with van der Waals surface area (Å²) in [5.74, 6) is -0.340. The number of methoxy groups -OCH3 is 1. The molecule has 37 heavy (non-hydrogen) atoms. The zero-order valence-corrected chi connectivity index (χ0v) is 20.4. The van der Waals surface area contributed by atoms with Crippen molar-refractivity contribution in [2.24, 2.45) is 10.2 Å². The van der Waals surface area contributed by atoms with Crippen molar-refractivity contribution in [2.45, 2.75) is 13.3 Å². The van der Waals surface area contributed by atoms with Crippen LogP contribution in [0, 0.1) is 0 Å². The Labute approximate surface area is 213 Å². The highest BCUT2D eigenvalue weighted by molar-refractivity contribution is 6.12. The zero-order chi connectivity index (χ0) is 25.9. The first kappa shape index (κ1) is 23.8. The van der Waals surface area contributed by atoms with E-state index in [2.05, 4.69) is 22.5 Å². The van der Waals surface area contributed by atoms with E-state index in [0.717, 1.165) is 17.4 Å². The second-order valence-electron chi connectivity index (χ2n) is 8.50. The van der Waals surface area contributed by atoms with E-state index in [1.165, 1.54) is 7.11 Å². The van der Waals surface area contributed by atoms with Crippen LogP contribution < -0.4 is 10.1 Å². The summed E-state index contributed by atoms with van der Waals surface area (Å²) >= 11 is 0. The molecule has 0 saturated carbocycles. The maximum Gasteiger partial charge on any atom is 0.259 e. The van der Waals surface area contributed by atoms with Crippen LogP contribution in [0.2, 0.25) is 0 Å². The molecule has 0 aliphatic rings. The smallest absolute Gasteiger partial charge is 0.259 e. The molecule has 5 aromatic carbocycles. The third kappa shape index (κ3) is 4.43. The van der Waals surface area contributed by atoms with E-state index in [0.29, 0.717) is 27.6 Å². The summed E-state index contributed by atoms with van der Waals surface area (Å²) in [6.45, 7) is 2.06. The highest BCUT2D eigenvalue weighted by Gasteiger charge is 2.20. The Morgan fingerprint density at radius 1 is 0.838 bits per heavy atom. The number of hydrogen-bond donors (Lipinski definition) is 3. The maximum absolute atomic E-state index is 13.2. The predicted octanol–water partition coefficient (Wildman–Crippen LogP) is 7.64. The molecule has 0 spiro atoms. The number of fused-ring (bicyclic) bond motifs is 2. The second-order valence-corrected chi connectivity index (χ2v) is 8.50. The molecular formula is C30H25N3O4. The number of para-hydroxylation sites is 2. The van der Waals surface area contributed by atoms with E-state index in [9.17, 15) is 15.0 Å². The number of aryl methyl sites for hydroxylation is 1. The molecule has 0 saturated heterocycles. The fraction of sp³-hybridized carbons (Fsp3) is 0.100. The number of benzene rings is 5. The molecule has 0 heterocycles. The number of hydrogen-bond acceptors (Lipinski definition) is 6. The maximum atomic E-state index is 13.2. The lowest BCUT2D eigenvalue weighted by Gasteiger charge is -2.13. The van der Waals surface area contributed by atoms with Crippen LogP contribution in [0.25, 0.3) is 21.5 Å². The second kappa shape index (κ2) is 9.99. The van der Waals surface area contributed by atoms with E-state index in [-0.39, 0.29) is 28.4 Å². The number of amides is 1. The molecule has 184 valence electrons. The van der Waals surface area contributed by atoms with Crippen molar-refractivity contribution >= 4 is 44.5 Å². The van der Waals surface area contributed by atoms with Gasteiger partial charge in [0, 0.05) is 10.8 Å². The molecule has 0 aliphatic carbocycles. The third-order valence-electron chi connectivity index (χ3n) is 6.34. The molecule has 0 fully saturated rings. The summed E-state index contributed by atoms with van der Waals surface area (Å²) in [5, 5.41) is 36.3. The lowest BCUT2D eigenvalue weighted by Crippen LogP contribution is -2.13. The molecule has 5 rings (SSSR count). The highest BCUT2D eigenvalue weighted by atomic mass is 16.5. The number of carbonyl (C=O) groups is 1. The first-order valence-corrected chi connectivity index (χ1v) is 11.9. The Kier molecular flexibility index (Phi) is 6.43. The van der Waals surface area contributed by atoms with Gasteiger partial charge in [0.25, 0.3) is 5.91 Å². The van der Waals surface area contributed by atoms with Gasteiger partial charge in [-0.3, -0.25) is 4.79 Å². The monoisotopic (exact) mass is 491 g/mol. The number of nitrogens with zero attached hydrogens (tertiary/aromatic N) is 2. The lowest BCUT2D eigenvalue weighted by atomic mass is 10.0. The number of nitrogens with one attached hydrogen (secondary N) is 1. The van der Waals surface area contributed by atoms with Crippen molar-refractivity contribution in [1.29, 1.82) is 0 Å². The number of phenolic OH excluding ortho intramolecular Hbond substituents is 2. The van der Waals surface area contributed by atoms with Crippen molar-refractivity contribution in [3.63, 3.8) is 0 Å². The van der Waals surface area contributed by atoms with E-state index in [1.807, 2.05) is 42.5 Å². The van der Waals surface area contributed by atoms with Gasteiger partial charge in [-0.1, -0.05) is 67.6 Å². The molecular weight excluding hydrogens is 466 g/mol. The number of anilines is 1. The molecule has 0 radical (unpaired) electrons. The Hall–Kier alpha value is -4.91. The summed E-state index contributed by atoms with van der Waals surface area (Å²) in [4.78, 5) is 13.2. The fourth-order valence-electron chi connectivity index (χ4n) is 4.42. The van der Waals surface area contributed by atoms with Crippen LogP contribution in [0.15, 0.2) is 95.2 Å². The summed E-state index contributed by atoms with van der Waals surface area (Å²) in [6.07, 6.45) is 0.835. The van der Waals surface area contributed by atoms with E-state index >= 15 is 0 Å². The number of aromatic hydroxyl groups is 2. The normalized spacial score (nSPS) is 11.3. The quantitative estimate of drug-likeness (QED) is 0.212. The minimum Gasteiger partial charge on any atom is -0.505 e. The van der Waals surface area contributed by atoms with Crippen LogP contribution in [-0.4, -0.2) is 23.2 Å². The molecule has 3 N–H and O–H groups in total. The SMILES string of the molecule is CCc1cccc2c(O)c(N=Nc3c(O)c(C(=O)Nc4ccccc4OC)cc4ccccc34)ccc12. The van der Waals surface area contributed by atoms with Gasteiger partial charge in [-0.25, -0.2) is 0 Å². The summed E-state index contributed by atoms with van der Waals surface area (Å²) in [6, 6.07) is 25.2. The first-order valence-electron chi connectivity index (χ1n) is 11.9. The first-order chi connectivity index (χ1) is 18.0. The number of phenols is 2. The Bertz CT molecular complexity index is 1680. The van der Waals surface area contributed by atoms with Crippen molar-refractivity contribution in [2.75, 3.05) is 12.4 Å². The summed E-state index contributed by atoms with van der Waals surface area (Å²) in [5.41, 5.74) is 2.01. The van der Waals surface area contributed by atoms with Crippen LogP contribution in [0.5, 0.6) is 17.2 Å². The largest absolute Gasteiger partial charge is 0.505 e.